The Kier molecular flexibility index (Phi) is 3.71. The van der Waals surface area contributed by atoms with Crippen LogP contribution in [0.1, 0.15) is 19.4 Å². The summed E-state index contributed by atoms with van der Waals surface area (Å²) in [5, 5.41) is 0. The third-order valence-corrected chi connectivity index (χ3v) is 3.02. The van der Waals surface area contributed by atoms with Crippen LogP contribution in [0.5, 0.6) is 11.5 Å². The number of hydrogen-bond donors (Lipinski definition) is 0. The zero-order valence-corrected chi connectivity index (χ0v) is 11.0. The van der Waals surface area contributed by atoms with Crippen LogP contribution in [0.3, 0.4) is 0 Å². The molecular formula is C12H15BrO3. The number of benzene rings is 1. The number of halogens is 1. The molecule has 0 saturated heterocycles. The van der Waals surface area contributed by atoms with Gasteiger partial charge in [0.15, 0.2) is 11.5 Å². The first-order valence-electron chi connectivity index (χ1n) is 5.36. The summed E-state index contributed by atoms with van der Waals surface area (Å²) in [6, 6.07) is 3.91. The number of fused-ring (bicyclic) bond motifs is 1. The number of rotatable bonds is 3. The second-order valence-electron chi connectivity index (χ2n) is 3.95. The van der Waals surface area contributed by atoms with Crippen LogP contribution in [0.4, 0.5) is 0 Å². The van der Waals surface area contributed by atoms with Crippen molar-refractivity contribution < 1.29 is 14.2 Å². The Labute approximate surface area is 104 Å². The SMILES string of the molecule is CC(C)OCc1cc2c(cc1Br)OCCO2. The largest absolute Gasteiger partial charge is 0.486 e. The van der Waals surface area contributed by atoms with Crippen molar-refractivity contribution >= 4 is 15.9 Å². The molecule has 0 atom stereocenters. The van der Waals surface area contributed by atoms with Crippen molar-refractivity contribution in [2.24, 2.45) is 0 Å². The molecule has 1 aliphatic rings. The van der Waals surface area contributed by atoms with E-state index in [-0.39, 0.29) is 6.10 Å². The normalized spacial score (nSPS) is 14.2. The van der Waals surface area contributed by atoms with Gasteiger partial charge in [-0.1, -0.05) is 15.9 Å². The van der Waals surface area contributed by atoms with Gasteiger partial charge in [-0.05, 0) is 31.5 Å². The predicted octanol–water partition coefficient (Wildman–Crippen LogP) is 3.15. The molecule has 1 heterocycles. The molecule has 0 amide bonds. The summed E-state index contributed by atoms with van der Waals surface area (Å²) in [5.74, 6) is 1.60. The predicted molar refractivity (Wildman–Crippen MR) is 65.1 cm³/mol. The van der Waals surface area contributed by atoms with Gasteiger partial charge in [0.05, 0.1) is 12.7 Å². The highest BCUT2D eigenvalue weighted by Crippen LogP contribution is 2.35. The van der Waals surface area contributed by atoms with E-state index in [2.05, 4.69) is 15.9 Å². The van der Waals surface area contributed by atoms with Gasteiger partial charge < -0.3 is 14.2 Å². The maximum absolute atomic E-state index is 5.57. The van der Waals surface area contributed by atoms with E-state index in [0.717, 1.165) is 21.5 Å². The van der Waals surface area contributed by atoms with Gasteiger partial charge in [0.1, 0.15) is 13.2 Å². The molecule has 0 bridgehead atoms. The molecule has 0 aromatic heterocycles. The van der Waals surface area contributed by atoms with Crippen LogP contribution in [0.15, 0.2) is 16.6 Å². The summed E-state index contributed by atoms with van der Waals surface area (Å²) in [7, 11) is 0. The van der Waals surface area contributed by atoms with Gasteiger partial charge in [-0.25, -0.2) is 0 Å². The Hall–Kier alpha value is -0.740. The van der Waals surface area contributed by atoms with Crippen molar-refractivity contribution in [1.82, 2.24) is 0 Å². The lowest BCUT2D eigenvalue weighted by atomic mass is 10.2. The van der Waals surface area contributed by atoms with Crippen molar-refractivity contribution in [3.8, 4) is 11.5 Å². The molecule has 0 saturated carbocycles. The van der Waals surface area contributed by atoms with Gasteiger partial charge in [0, 0.05) is 4.47 Å². The fraction of sp³-hybridized carbons (Fsp3) is 0.500. The van der Waals surface area contributed by atoms with Crippen molar-refractivity contribution in [3.05, 3.63) is 22.2 Å². The Morgan fingerprint density at radius 3 is 2.50 bits per heavy atom. The minimum Gasteiger partial charge on any atom is -0.486 e. The van der Waals surface area contributed by atoms with E-state index in [0.29, 0.717) is 19.8 Å². The van der Waals surface area contributed by atoms with Crippen molar-refractivity contribution in [1.29, 1.82) is 0 Å². The average molecular weight is 287 g/mol. The van der Waals surface area contributed by atoms with E-state index in [4.69, 9.17) is 14.2 Å². The van der Waals surface area contributed by atoms with E-state index in [9.17, 15) is 0 Å². The van der Waals surface area contributed by atoms with Crippen LogP contribution in [0.2, 0.25) is 0 Å². The van der Waals surface area contributed by atoms with Gasteiger partial charge >= 0.3 is 0 Å². The Bertz CT molecular complexity index is 377. The Balaban J connectivity index is 2.18. The molecule has 16 heavy (non-hydrogen) atoms. The second-order valence-corrected chi connectivity index (χ2v) is 4.80. The van der Waals surface area contributed by atoms with E-state index < -0.39 is 0 Å². The highest BCUT2D eigenvalue weighted by Gasteiger charge is 2.14. The third kappa shape index (κ3) is 2.68. The van der Waals surface area contributed by atoms with Crippen LogP contribution in [0.25, 0.3) is 0 Å². The summed E-state index contributed by atoms with van der Waals surface area (Å²) in [5.41, 5.74) is 1.08. The van der Waals surface area contributed by atoms with Crippen LogP contribution in [-0.2, 0) is 11.3 Å². The van der Waals surface area contributed by atoms with Crippen molar-refractivity contribution in [2.45, 2.75) is 26.6 Å². The molecule has 88 valence electrons. The monoisotopic (exact) mass is 286 g/mol. The summed E-state index contributed by atoms with van der Waals surface area (Å²) in [6.07, 6.45) is 0.222. The fourth-order valence-electron chi connectivity index (χ4n) is 1.47. The molecule has 1 aromatic rings. The molecule has 0 N–H and O–H groups in total. The summed E-state index contributed by atoms with van der Waals surface area (Å²) < 4.78 is 17.6. The van der Waals surface area contributed by atoms with Gasteiger partial charge in [-0.3, -0.25) is 0 Å². The molecule has 2 rings (SSSR count). The summed E-state index contributed by atoms with van der Waals surface area (Å²) in [4.78, 5) is 0. The van der Waals surface area contributed by atoms with Gasteiger partial charge in [-0.15, -0.1) is 0 Å². The van der Waals surface area contributed by atoms with Gasteiger partial charge in [0.2, 0.25) is 0 Å². The molecule has 0 fully saturated rings. The molecular weight excluding hydrogens is 272 g/mol. The molecule has 1 aliphatic heterocycles. The summed E-state index contributed by atoms with van der Waals surface area (Å²) in [6.45, 7) is 5.84. The smallest absolute Gasteiger partial charge is 0.162 e. The molecule has 0 radical (unpaired) electrons. The minimum absolute atomic E-state index is 0.222. The van der Waals surface area contributed by atoms with E-state index in [1.807, 2.05) is 26.0 Å². The first-order valence-corrected chi connectivity index (χ1v) is 6.15. The second kappa shape index (κ2) is 5.06. The van der Waals surface area contributed by atoms with Crippen LogP contribution < -0.4 is 9.47 Å². The highest BCUT2D eigenvalue weighted by atomic mass is 79.9. The lowest BCUT2D eigenvalue weighted by Crippen LogP contribution is -2.15. The highest BCUT2D eigenvalue weighted by molar-refractivity contribution is 9.10. The van der Waals surface area contributed by atoms with Crippen LogP contribution >= 0.6 is 15.9 Å². The molecule has 1 aromatic carbocycles. The molecule has 0 unspecified atom stereocenters. The lowest BCUT2D eigenvalue weighted by Gasteiger charge is -2.20. The van der Waals surface area contributed by atoms with Crippen LogP contribution in [-0.4, -0.2) is 19.3 Å². The molecule has 0 aliphatic carbocycles. The Morgan fingerprint density at radius 1 is 1.25 bits per heavy atom. The molecule has 0 spiro atoms. The Morgan fingerprint density at radius 2 is 1.88 bits per heavy atom. The van der Waals surface area contributed by atoms with E-state index in [1.165, 1.54) is 0 Å². The summed E-state index contributed by atoms with van der Waals surface area (Å²) >= 11 is 3.51. The average Bonchev–Trinajstić information content (AvgIpc) is 2.26. The lowest BCUT2D eigenvalue weighted by molar-refractivity contribution is 0.0650. The third-order valence-electron chi connectivity index (χ3n) is 2.28. The molecule has 3 nitrogen and oxygen atoms in total. The molecule has 4 heteroatoms. The first kappa shape index (κ1) is 11.7. The maximum Gasteiger partial charge on any atom is 0.162 e. The van der Waals surface area contributed by atoms with Crippen molar-refractivity contribution in [2.75, 3.05) is 13.2 Å². The number of ether oxygens (including phenoxy) is 3. The maximum atomic E-state index is 5.57. The quantitative estimate of drug-likeness (QED) is 0.854. The topological polar surface area (TPSA) is 27.7 Å². The van der Waals surface area contributed by atoms with Gasteiger partial charge in [0.25, 0.3) is 0 Å². The van der Waals surface area contributed by atoms with Gasteiger partial charge in [-0.2, -0.15) is 0 Å². The standard InChI is InChI=1S/C12H15BrO3/c1-8(2)16-7-9-5-11-12(6-10(9)13)15-4-3-14-11/h5-6,8H,3-4,7H2,1-2H3. The zero-order valence-electron chi connectivity index (χ0n) is 9.46. The zero-order chi connectivity index (χ0) is 11.5. The first-order chi connectivity index (χ1) is 7.66. The van der Waals surface area contributed by atoms with E-state index in [1.54, 1.807) is 0 Å². The van der Waals surface area contributed by atoms with E-state index >= 15 is 0 Å². The van der Waals surface area contributed by atoms with Crippen molar-refractivity contribution in [3.63, 3.8) is 0 Å². The number of hydrogen-bond acceptors (Lipinski definition) is 3. The fourth-order valence-corrected chi connectivity index (χ4v) is 1.91. The minimum atomic E-state index is 0.222. The van der Waals surface area contributed by atoms with Crippen LogP contribution in [0, 0.1) is 0 Å².